The summed E-state index contributed by atoms with van der Waals surface area (Å²) in [4.78, 5) is 28.9. The Morgan fingerprint density at radius 1 is 0.833 bits per heavy atom. The monoisotopic (exact) mass is 573 g/mol. The van der Waals surface area contributed by atoms with Gasteiger partial charge >= 0.3 is 12.1 Å². The van der Waals surface area contributed by atoms with Gasteiger partial charge in [-0.05, 0) is 59.2 Å². The molecule has 0 aliphatic carbocycles. The van der Waals surface area contributed by atoms with E-state index >= 15 is 0 Å². The van der Waals surface area contributed by atoms with Crippen LogP contribution >= 0.6 is 0 Å². The van der Waals surface area contributed by atoms with Crippen LogP contribution in [0, 0.1) is 0 Å². The maximum Gasteiger partial charge on any atom is 0.416 e. The normalized spacial score (nSPS) is 15.8. The van der Waals surface area contributed by atoms with E-state index in [-0.39, 0.29) is 18.4 Å². The van der Waals surface area contributed by atoms with Crippen molar-refractivity contribution in [2.75, 3.05) is 36.4 Å². The number of hydrogen-bond acceptors (Lipinski definition) is 4. The number of carbonyl (C=O) groups excluding carboxylic acids is 1. The van der Waals surface area contributed by atoms with Crippen LogP contribution < -0.4 is 10.2 Å². The molecule has 42 heavy (non-hydrogen) atoms. The summed E-state index contributed by atoms with van der Waals surface area (Å²) in [7, 11) is 0. The Bertz CT molecular complexity index is 1520. The van der Waals surface area contributed by atoms with Crippen molar-refractivity contribution in [2.45, 2.75) is 18.6 Å². The van der Waals surface area contributed by atoms with E-state index in [0.29, 0.717) is 42.0 Å². The van der Waals surface area contributed by atoms with Gasteiger partial charge in [0.25, 0.3) is 5.91 Å². The van der Waals surface area contributed by atoms with Crippen molar-refractivity contribution in [3.8, 4) is 11.1 Å². The molecule has 4 aromatic rings. The fourth-order valence-electron chi connectivity index (χ4n) is 5.28. The number of nitrogens with one attached hydrogen (secondary N) is 1. The summed E-state index contributed by atoms with van der Waals surface area (Å²) in [5.41, 5.74) is 3.35. The molecule has 1 aliphatic heterocycles. The molecule has 1 atom stereocenters. The van der Waals surface area contributed by atoms with Crippen molar-refractivity contribution in [2.24, 2.45) is 0 Å². The summed E-state index contributed by atoms with van der Waals surface area (Å²) in [5, 5.41) is 12.1. The molecule has 0 spiro atoms. The first-order valence-electron chi connectivity index (χ1n) is 13.6. The molecule has 1 saturated heterocycles. The number of alkyl halides is 3. The number of piperazine rings is 1. The highest BCUT2D eigenvalue weighted by Crippen LogP contribution is 2.33. The van der Waals surface area contributed by atoms with Gasteiger partial charge < -0.3 is 15.3 Å². The SMILES string of the molecule is O=C(O)CCN1CCN(c2ccc(NC(=O)c3ccccc3-c3ccc(C(F)(F)F)cc3)cc2)CC1c1ccccc1. The lowest BCUT2D eigenvalue weighted by Gasteiger charge is -2.42. The molecule has 5 rings (SSSR count). The first kappa shape index (κ1) is 28.9. The highest BCUT2D eigenvalue weighted by Gasteiger charge is 2.30. The van der Waals surface area contributed by atoms with Gasteiger partial charge in [0.05, 0.1) is 18.0 Å². The molecular formula is C33H30F3N3O3. The minimum absolute atomic E-state index is 0.0420. The molecule has 1 unspecified atom stereocenters. The lowest BCUT2D eigenvalue weighted by molar-refractivity contribution is -0.138. The smallest absolute Gasteiger partial charge is 0.416 e. The number of nitrogens with zero attached hydrogens (tertiary/aromatic N) is 2. The third-order valence-electron chi connectivity index (χ3n) is 7.47. The Morgan fingerprint density at radius 2 is 1.50 bits per heavy atom. The number of carboxylic acids is 1. The van der Waals surface area contributed by atoms with Crippen molar-refractivity contribution in [1.29, 1.82) is 0 Å². The first-order chi connectivity index (χ1) is 20.2. The zero-order valence-corrected chi connectivity index (χ0v) is 22.7. The quantitative estimate of drug-likeness (QED) is 0.238. The molecule has 6 nitrogen and oxygen atoms in total. The average Bonchev–Trinajstić information content (AvgIpc) is 3.00. The van der Waals surface area contributed by atoms with Crippen LogP contribution in [0.3, 0.4) is 0 Å². The number of rotatable bonds is 8. The molecule has 4 aromatic carbocycles. The average molecular weight is 574 g/mol. The number of aliphatic carboxylic acids is 1. The fraction of sp³-hybridized carbons (Fsp3) is 0.212. The molecule has 0 bridgehead atoms. The van der Waals surface area contributed by atoms with Gasteiger partial charge in [-0.1, -0.05) is 60.7 Å². The molecule has 0 aromatic heterocycles. The predicted octanol–water partition coefficient (Wildman–Crippen LogP) is 6.96. The summed E-state index contributed by atoms with van der Waals surface area (Å²) >= 11 is 0. The van der Waals surface area contributed by atoms with Crippen molar-refractivity contribution in [3.05, 3.63) is 120 Å². The molecular weight excluding hydrogens is 543 g/mol. The van der Waals surface area contributed by atoms with Gasteiger partial charge in [-0.25, -0.2) is 0 Å². The summed E-state index contributed by atoms with van der Waals surface area (Å²) < 4.78 is 39.0. The Labute approximate surface area is 242 Å². The zero-order valence-electron chi connectivity index (χ0n) is 22.7. The van der Waals surface area contributed by atoms with E-state index in [2.05, 4.69) is 27.2 Å². The number of carboxylic acid groups (broad SMARTS) is 1. The van der Waals surface area contributed by atoms with Crippen molar-refractivity contribution in [3.63, 3.8) is 0 Å². The third kappa shape index (κ3) is 6.80. The highest BCUT2D eigenvalue weighted by molar-refractivity contribution is 6.08. The number of carbonyl (C=O) groups is 2. The van der Waals surface area contributed by atoms with Crippen LogP contribution in [0.4, 0.5) is 24.5 Å². The van der Waals surface area contributed by atoms with Crippen LogP contribution in [0.5, 0.6) is 0 Å². The van der Waals surface area contributed by atoms with Gasteiger partial charge in [0.15, 0.2) is 0 Å². The number of halogens is 3. The van der Waals surface area contributed by atoms with Crippen LogP contribution in [0.25, 0.3) is 11.1 Å². The summed E-state index contributed by atoms with van der Waals surface area (Å²) in [6, 6.07) is 29.2. The van der Waals surface area contributed by atoms with Crippen molar-refractivity contribution < 1.29 is 27.9 Å². The van der Waals surface area contributed by atoms with Crippen LogP contribution in [-0.4, -0.2) is 48.1 Å². The topological polar surface area (TPSA) is 72.9 Å². The molecule has 1 heterocycles. The second kappa shape index (κ2) is 12.5. The maximum absolute atomic E-state index is 13.2. The number of amides is 1. The predicted molar refractivity (Wildman–Crippen MR) is 156 cm³/mol. The molecule has 216 valence electrons. The summed E-state index contributed by atoms with van der Waals surface area (Å²) in [6.07, 6.45) is -4.35. The molecule has 0 radical (unpaired) electrons. The molecule has 1 aliphatic rings. The zero-order chi connectivity index (χ0) is 29.7. The van der Waals surface area contributed by atoms with E-state index in [9.17, 15) is 27.9 Å². The minimum atomic E-state index is -4.43. The number of benzene rings is 4. The fourth-order valence-corrected chi connectivity index (χ4v) is 5.28. The van der Waals surface area contributed by atoms with Gasteiger partial charge in [-0.2, -0.15) is 13.2 Å². The van der Waals surface area contributed by atoms with Crippen LogP contribution in [0.1, 0.15) is 33.9 Å². The molecule has 0 saturated carbocycles. The largest absolute Gasteiger partial charge is 0.481 e. The Balaban J connectivity index is 1.29. The van der Waals surface area contributed by atoms with Gasteiger partial charge in [0.1, 0.15) is 0 Å². The second-order valence-electron chi connectivity index (χ2n) is 10.2. The Kier molecular flexibility index (Phi) is 8.59. The minimum Gasteiger partial charge on any atom is -0.481 e. The lowest BCUT2D eigenvalue weighted by Crippen LogP contribution is -2.49. The third-order valence-corrected chi connectivity index (χ3v) is 7.47. The van der Waals surface area contributed by atoms with E-state index in [1.54, 1.807) is 24.3 Å². The van der Waals surface area contributed by atoms with E-state index in [4.69, 9.17) is 0 Å². The maximum atomic E-state index is 13.2. The standard InChI is InChI=1S/C33H30F3N3O3/c34-33(35,36)25-12-10-23(11-13-25)28-8-4-5-9-29(28)32(42)37-26-14-16-27(17-15-26)39-21-20-38(19-18-31(40)41)30(22-39)24-6-2-1-3-7-24/h1-17,30H,18-22H2,(H,37,42)(H,40,41). The second-order valence-corrected chi connectivity index (χ2v) is 10.2. The van der Waals surface area contributed by atoms with Gasteiger partial charge in [0, 0.05) is 43.1 Å². The van der Waals surface area contributed by atoms with Crippen LogP contribution in [0.2, 0.25) is 0 Å². The number of hydrogen-bond donors (Lipinski definition) is 2. The summed E-state index contributed by atoms with van der Waals surface area (Å²) in [6.45, 7) is 2.61. The van der Waals surface area contributed by atoms with E-state index < -0.39 is 17.7 Å². The molecule has 9 heteroatoms. The van der Waals surface area contributed by atoms with Crippen molar-refractivity contribution in [1.82, 2.24) is 4.90 Å². The van der Waals surface area contributed by atoms with Crippen molar-refractivity contribution >= 4 is 23.3 Å². The van der Waals surface area contributed by atoms with Crippen LogP contribution in [0.15, 0.2) is 103 Å². The summed E-state index contributed by atoms with van der Waals surface area (Å²) in [5.74, 6) is -1.18. The first-order valence-corrected chi connectivity index (χ1v) is 13.6. The molecule has 1 amide bonds. The molecule has 2 N–H and O–H groups in total. The van der Waals surface area contributed by atoms with E-state index in [1.807, 2.05) is 42.5 Å². The molecule has 1 fully saturated rings. The lowest BCUT2D eigenvalue weighted by atomic mass is 9.98. The van der Waals surface area contributed by atoms with Gasteiger partial charge in [-0.3, -0.25) is 14.5 Å². The Hall–Kier alpha value is -4.63. The van der Waals surface area contributed by atoms with E-state index in [0.717, 1.165) is 29.9 Å². The highest BCUT2D eigenvalue weighted by atomic mass is 19.4. The van der Waals surface area contributed by atoms with Gasteiger partial charge in [-0.15, -0.1) is 0 Å². The Morgan fingerprint density at radius 3 is 2.17 bits per heavy atom. The number of anilines is 2. The van der Waals surface area contributed by atoms with Crippen LogP contribution in [-0.2, 0) is 11.0 Å². The van der Waals surface area contributed by atoms with Gasteiger partial charge in [0.2, 0.25) is 0 Å². The van der Waals surface area contributed by atoms with E-state index in [1.165, 1.54) is 12.1 Å².